The number of rotatable bonds is 4. The zero-order chi connectivity index (χ0) is 23.6. The van der Waals surface area contributed by atoms with Gasteiger partial charge in [-0.15, -0.1) is 0 Å². The van der Waals surface area contributed by atoms with Gasteiger partial charge in [0.1, 0.15) is 5.60 Å². The van der Waals surface area contributed by atoms with E-state index in [1.54, 1.807) is 39.0 Å². The maximum Gasteiger partial charge on any atom is 0.414 e. The summed E-state index contributed by atoms with van der Waals surface area (Å²) in [5, 5.41) is 2.67. The van der Waals surface area contributed by atoms with E-state index in [0.29, 0.717) is 11.1 Å². The Labute approximate surface area is 184 Å². The van der Waals surface area contributed by atoms with E-state index in [1.165, 1.54) is 12.0 Å². The minimum absolute atomic E-state index is 0.0759. The van der Waals surface area contributed by atoms with Crippen molar-refractivity contribution in [1.82, 2.24) is 10.2 Å². The molecule has 8 nitrogen and oxygen atoms in total. The van der Waals surface area contributed by atoms with Crippen LogP contribution >= 0.6 is 0 Å². The summed E-state index contributed by atoms with van der Waals surface area (Å²) < 4.78 is 10.2. The second-order valence-corrected chi connectivity index (χ2v) is 9.31. The van der Waals surface area contributed by atoms with Crippen LogP contribution in [0, 0.1) is 5.92 Å². The first kappa shape index (κ1) is 24.4. The number of hydrogen-bond donors (Lipinski definition) is 1. The Bertz CT molecular complexity index is 887. The molecule has 2 atom stereocenters. The van der Waals surface area contributed by atoms with E-state index >= 15 is 0 Å². The largest absolute Gasteiger partial charge is 0.465 e. The third-order valence-corrected chi connectivity index (χ3v) is 5.40. The molecule has 0 aliphatic carbocycles. The highest BCUT2D eigenvalue weighted by Crippen LogP contribution is 2.34. The fourth-order valence-electron chi connectivity index (χ4n) is 3.25. The number of amides is 2. The van der Waals surface area contributed by atoms with Gasteiger partial charge in [0.2, 0.25) is 11.9 Å². The fraction of sp³-hybridized carbons (Fsp3) is 0.565. The zero-order valence-corrected chi connectivity index (χ0v) is 19.6. The SMILES string of the molecule is COC(=O)c1cccc([C@@H](C)N2C(=O)C[C@@](C)(C(C)C)N=C2NC(=O)OC(C)(C)C)c1. The smallest absolute Gasteiger partial charge is 0.414 e. The van der Waals surface area contributed by atoms with E-state index in [0.717, 1.165) is 0 Å². The van der Waals surface area contributed by atoms with Gasteiger partial charge in [0, 0.05) is 0 Å². The zero-order valence-electron chi connectivity index (χ0n) is 19.6. The van der Waals surface area contributed by atoms with E-state index in [9.17, 15) is 14.4 Å². The molecule has 0 unspecified atom stereocenters. The normalized spacial score (nSPS) is 20.2. The number of nitrogens with zero attached hydrogens (tertiary/aromatic N) is 2. The van der Waals surface area contributed by atoms with Crippen LogP contribution in [0.4, 0.5) is 4.79 Å². The average molecular weight is 432 g/mol. The molecule has 31 heavy (non-hydrogen) atoms. The number of guanidine groups is 1. The van der Waals surface area contributed by atoms with Crippen molar-refractivity contribution in [1.29, 1.82) is 0 Å². The lowest BCUT2D eigenvalue weighted by Gasteiger charge is -2.41. The van der Waals surface area contributed by atoms with Crippen LogP contribution in [0.5, 0.6) is 0 Å². The Kier molecular flexibility index (Phi) is 7.14. The molecule has 0 radical (unpaired) electrons. The molecule has 170 valence electrons. The highest BCUT2D eigenvalue weighted by molar-refractivity contribution is 6.05. The standard InChI is InChI=1S/C23H33N3O5/c1-14(2)23(7)13-18(27)26(20(25-23)24-21(29)31-22(4,5)6)15(3)16-10-9-11-17(12-16)19(28)30-8/h9-12,14-15H,13H2,1-8H3,(H,24,25,29)/t15-,23+/m1/s1. The maximum atomic E-state index is 13.2. The summed E-state index contributed by atoms with van der Waals surface area (Å²) in [5.41, 5.74) is -0.272. The van der Waals surface area contributed by atoms with E-state index in [4.69, 9.17) is 14.5 Å². The molecule has 1 aromatic carbocycles. The molecule has 1 aliphatic rings. The molecule has 0 bridgehead atoms. The van der Waals surface area contributed by atoms with Gasteiger partial charge in [-0.3, -0.25) is 15.0 Å². The van der Waals surface area contributed by atoms with Gasteiger partial charge in [0.15, 0.2) is 0 Å². The quantitative estimate of drug-likeness (QED) is 0.725. The van der Waals surface area contributed by atoms with E-state index in [1.807, 2.05) is 33.8 Å². The van der Waals surface area contributed by atoms with Crippen molar-refractivity contribution in [2.75, 3.05) is 7.11 Å². The first-order valence-corrected chi connectivity index (χ1v) is 10.4. The maximum absolute atomic E-state index is 13.2. The van der Waals surface area contributed by atoms with Gasteiger partial charge >= 0.3 is 12.1 Å². The Morgan fingerprint density at radius 1 is 1.23 bits per heavy atom. The summed E-state index contributed by atoms with van der Waals surface area (Å²) in [7, 11) is 1.31. The highest BCUT2D eigenvalue weighted by atomic mass is 16.6. The molecular formula is C23H33N3O5. The van der Waals surface area contributed by atoms with Gasteiger partial charge in [-0.1, -0.05) is 26.0 Å². The number of esters is 1. The molecular weight excluding hydrogens is 398 g/mol. The van der Waals surface area contributed by atoms with Gasteiger partial charge in [0.25, 0.3) is 0 Å². The first-order chi connectivity index (χ1) is 14.3. The van der Waals surface area contributed by atoms with Crippen LogP contribution in [-0.2, 0) is 14.3 Å². The second-order valence-electron chi connectivity index (χ2n) is 9.31. The molecule has 1 N–H and O–H groups in total. The van der Waals surface area contributed by atoms with E-state index in [-0.39, 0.29) is 24.2 Å². The van der Waals surface area contributed by atoms with Crippen LogP contribution in [0.15, 0.2) is 29.3 Å². The lowest BCUT2D eigenvalue weighted by Crippen LogP contribution is -2.56. The number of benzene rings is 1. The predicted molar refractivity (Wildman–Crippen MR) is 118 cm³/mol. The van der Waals surface area contributed by atoms with Crippen molar-refractivity contribution in [3.05, 3.63) is 35.4 Å². The van der Waals surface area contributed by atoms with Crippen LogP contribution in [0.1, 0.15) is 76.9 Å². The third kappa shape index (κ3) is 5.83. The summed E-state index contributed by atoms with van der Waals surface area (Å²) in [6.07, 6.45) is -0.488. The first-order valence-electron chi connectivity index (χ1n) is 10.4. The lowest BCUT2D eigenvalue weighted by atomic mass is 9.84. The van der Waals surface area contributed by atoms with Crippen molar-refractivity contribution in [3.63, 3.8) is 0 Å². The van der Waals surface area contributed by atoms with Gasteiger partial charge in [-0.25, -0.2) is 14.6 Å². The minimum Gasteiger partial charge on any atom is -0.465 e. The molecule has 1 aliphatic heterocycles. The van der Waals surface area contributed by atoms with Gasteiger partial charge in [-0.2, -0.15) is 0 Å². The van der Waals surface area contributed by atoms with Gasteiger partial charge in [-0.05, 0) is 58.2 Å². The van der Waals surface area contributed by atoms with E-state index < -0.39 is 29.2 Å². The molecule has 1 aromatic rings. The van der Waals surface area contributed by atoms with Crippen LogP contribution in [-0.4, -0.2) is 47.1 Å². The van der Waals surface area contributed by atoms with Crippen LogP contribution in [0.2, 0.25) is 0 Å². The number of methoxy groups -OCH3 is 1. The van der Waals surface area contributed by atoms with Gasteiger partial charge < -0.3 is 9.47 Å². The molecule has 2 amide bonds. The van der Waals surface area contributed by atoms with Crippen LogP contribution < -0.4 is 5.32 Å². The number of ether oxygens (including phenoxy) is 2. The van der Waals surface area contributed by atoms with Crippen LogP contribution in [0.3, 0.4) is 0 Å². The Morgan fingerprint density at radius 2 is 1.87 bits per heavy atom. The number of alkyl carbamates (subject to hydrolysis) is 1. The predicted octanol–water partition coefficient (Wildman–Crippen LogP) is 4.06. The Morgan fingerprint density at radius 3 is 2.42 bits per heavy atom. The highest BCUT2D eigenvalue weighted by Gasteiger charge is 2.42. The van der Waals surface area contributed by atoms with Crippen molar-refractivity contribution in [3.8, 4) is 0 Å². The summed E-state index contributed by atoms with van der Waals surface area (Å²) in [4.78, 5) is 43.9. The Hall–Kier alpha value is -2.90. The summed E-state index contributed by atoms with van der Waals surface area (Å²) in [5.74, 6) is -0.426. The molecule has 8 heteroatoms. The topological polar surface area (TPSA) is 97.3 Å². The van der Waals surface area contributed by atoms with Crippen LogP contribution in [0.25, 0.3) is 0 Å². The second kappa shape index (κ2) is 9.08. The molecule has 2 rings (SSSR count). The van der Waals surface area contributed by atoms with Crippen molar-refractivity contribution in [2.24, 2.45) is 10.9 Å². The molecule has 0 aromatic heterocycles. The number of carbonyl (C=O) groups excluding carboxylic acids is 3. The minimum atomic E-state index is -0.698. The Balaban J connectivity index is 2.45. The number of carbonyl (C=O) groups is 3. The number of hydrogen-bond acceptors (Lipinski definition) is 6. The fourth-order valence-corrected chi connectivity index (χ4v) is 3.25. The molecule has 1 heterocycles. The van der Waals surface area contributed by atoms with Crippen molar-refractivity contribution in [2.45, 2.75) is 72.1 Å². The third-order valence-electron chi connectivity index (χ3n) is 5.40. The van der Waals surface area contributed by atoms with Crippen molar-refractivity contribution < 1.29 is 23.9 Å². The summed E-state index contributed by atoms with van der Waals surface area (Å²) in [6, 6.07) is 6.37. The molecule has 0 saturated carbocycles. The number of aliphatic imine (C=N–C) groups is 1. The monoisotopic (exact) mass is 431 g/mol. The van der Waals surface area contributed by atoms with Crippen molar-refractivity contribution >= 4 is 23.9 Å². The molecule has 0 fully saturated rings. The average Bonchev–Trinajstić information content (AvgIpc) is 2.65. The lowest BCUT2D eigenvalue weighted by molar-refractivity contribution is -0.131. The molecule has 0 saturated heterocycles. The molecule has 0 spiro atoms. The number of nitrogens with one attached hydrogen (secondary N) is 1. The summed E-state index contributed by atoms with van der Waals surface area (Å²) in [6.45, 7) is 13.0. The summed E-state index contributed by atoms with van der Waals surface area (Å²) >= 11 is 0. The van der Waals surface area contributed by atoms with E-state index in [2.05, 4.69) is 5.32 Å². The van der Waals surface area contributed by atoms with Gasteiger partial charge in [0.05, 0.1) is 30.7 Å².